The molecule has 0 spiro atoms. The Labute approximate surface area is 85.2 Å². The second-order valence-electron chi connectivity index (χ2n) is 4.59. The van der Waals surface area contributed by atoms with Crippen molar-refractivity contribution >= 4 is 5.97 Å². The molecule has 2 fully saturated rings. The first kappa shape index (κ1) is 9.97. The third-order valence-corrected chi connectivity index (χ3v) is 3.65. The van der Waals surface area contributed by atoms with Gasteiger partial charge in [0.1, 0.15) is 0 Å². The molecular weight excluding hydrogens is 178 g/mol. The molecule has 2 aliphatic carbocycles. The maximum atomic E-state index is 11.2. The molecule has 0 aromatic carbocycles. The minimum absolute atomic E-state index is 0.114. The average molecular weight is 197 g/mol. The summed E-state index contributed by atoms with van der Waals surface area (Å²) >= 11 is 0. The first-order valence-electron chi connectivity index (χ1n) is 5.65. The quantitative estimate of drug-likeness (QED) is 0.694. The van der Waals surface area contributed by atoms with Crippen molar-refractivity contribution in [1.29, 1.82) is 0 Å². The largest absolute Gasteiger partial charge is 0.465 e. The topological polar surface area (TPSA) is 38.3 Å². The fourth-order valence-electron chi connectivity index (χ4n) is 2.91. The maximum absolute atomic E-state index is 11.2. The van der Waals surface area contributed by atoms with Gasteiger partial charge in [-0.3, -0.25) is 4.79 Å². The molecule has 0 aromatic rings. The van der Waals surface area contributed by atoms with E-state index in [1.54, 1.807) is 0 Å². The SMILES string of the molecule is CCOC(=O)CNC12CCC(CC1)C2. The third kappa shape index (κ3) is 1.92. The molecule has 0 saturated heterocycles. The van der Waals surface area contributed by atoms with E-state index in [-0.39, 0.29) is 11.5 Å². The van der Waals surface area contributed by atoms with Crippen molar-refractivity contribution < 1.29 is 9.53 Å². The van der Waals surface area contributed by atoms with E-state index in [4.69, 9.17) is 4.74 Å². The second-order valence-corrected chi connectivity index (χ2v) is 4.59. The lowest BCUT2D eigenvalue weighted by atomic mass is 9.94. The average Bonchev–Trinajstić information content (AvgIpc) is 2.75. The smallest absolute Gasteiger partial charge is 0.319 e. The lowest BCUT2D eigenvalue weighted by molar-refractivity contribution is -0.142. The predicted octanol–water partition coefficient (Wildman–Crippen LogP) is 1.47. The van der Waals surface area contributed by atoms with Gasteiger partial charge in [-0.25, -0.2) is 0 Å². The van der Waals surface area contributed by atoms with E-state index in [1.807, 2.05) is 6.92 Å². The standard InChI is InChI=1S/C11H19NO2/c1-2-14-10(13)8-12-11-5-3-9(7-11)4-6-11/h9,12H,2-8H2,1H3. The molecule has 3 nitrogen and oxygen atoms in total. The number of carbonyl (C=O) groups excluding carboxylic acids is 1. The summed E-state index contributed by atoms with van der Waals surface area (Å²) < 4.78 is 4.90. The van der Waals surface area contributed by atoms with Crippen molar-refractivity contribution in [2.45, 2.75) is 44.6 Å². The fraction of sp³-hybridized carbons (Fsp3) is 0.909. The molecule has 2 aliphatic rings. The van der Waals surface area contributed by atoms with Crippen molar-refractivity contribution in [1.82, 2.24) is 5.32 Å². The molecule has 80 valence electrons. The summed E-state index contributed by atoms with van der Waals surface area (Å²) in [4.78, 5) is 11.2. The minimum Gasteiger partial charge on any atom is -0.465 e. The van der Waals surface area contributed by atoms with Gasteiger partial charge in [0.05, 0.1) is 13.2 Å². The molecule has 3 heteroatoms. The van der Waals surface area contributed by atoms with Gasteiger partial charge in [-0.05, 0) is 44.9 Å². The van der Waals surface area contributed by atoms with Crippen LogP contribution in [0, 0.1) is 5.92 Å². The minimum atomic E-state index is -0.114. The monoisotopic (exact) mass is 197 g/mol. The summed E-state index contributed by atoms with van der Waals surface area (Å²) in [5.41, 5.74) is 0.289. The van der Waals surface area contributed by atoms with Gasteiger partial charge in [0.2, 0.25) is 0 Å². The van der Waals surface area contributed by atoms with E-state index in [0.717, 1.165) is 5.92 Å². The van der Waals surface area contributed by atoms with Crippen LogP contribution in [0.2, 0.25) is 0 Å². The summed E-state index contributed by atoms with van der Waals surface area (Å²) in [6.45, 7) is 2.72. The highest BCUT2D eigenvalue weighted by atomic mass is 16.5. The zero-order valence-electron chi connectivity index (χ0n) is 8.84. The van der Waals surface area contributed by atoms with E-state index in [2.05, 4.69) is 5.32 Å². The van der Waals surface area contributed by atoms with Crippen LogP contribution in [-0.4, -0.2) is 24.7 Å². The molecule has 0 radical (unpaired) electrons. The van der Waals surface area contributed by atoms with Gasteiger partial charge in [0.25, 0.3) is 0 Å². The Balaban J connectivity index is 1.77. The van der Waals surface area contributed by atoms with Gasteiger partial charge in [0.15, 0.2) is 0 Å². The van der Waals surface area contributed by atoms with Crippen LogP contribution in [0.5, 0.6) is 0 Å². The van der Waals surface area contributed by atoms with E-state index >= 15 is 0 Å². The van der Waals surface area contributed by atoms with Crippen molar-refractivity contribution in [3.63, 3.8) is 0 Å². The Morgan fingerprint density at radius 3 is 2.71 bits per heavy atom. The highest BCUT2D eigenvalue weighted by Crippen LogP contribution is 2.47. The van der Waals surface area contributed by atoms with E-state index in [9.17, 15) is 4.79 Å². The number of rotatable bonds is 4. The third-order valence-electron chi connectivity index (χ3n) is 3.65. The van der Waals surface area contributed by atoms with Crippen LogP contribution in [0.3, 0.4) is 0 Å². The van der Waals surface area contributed by atoms with Gasteiger partial charge in [-0.15, -0.1) is 0 Å². The number of hydrogen-bond donors (Lipinski definition) is 1. The van der Waals surface area contributed by atoms with E-state index in [0.29, 0.717) is 13.2 Å². The zero-order chi connectivity index (χ0) is 10.0. The summed E-state index contributed by atoms with van der Waals surface area (Å²) in [7, 11) is 0. The first-order valence-corrected chi connectivity index (χ1v) is 5.65. The highest BCUT2D eigenvalue weighted by Gasteiger charge is 2.44. The van der Waals surface area contributed by atoms with Crippen LogP contribution in [0.15, 0.2) is 0 Å². The van der Waals surface area contributed by atoms with Gasteiger partial charge in [-0.2, -0.15) is 0 Å². The molecular formula is C11H19NO2. The van der Waals surface area contributed by atoms with E-state index in [1.165, 1.54) is 32.1 Å². The number of esters is 1. The highest BCUT2D eigenvalue weighted by molar-refractivity contribution is 5.71. The number of carbonyl (C=O) groups is 1. The van der Waals surface area contributed by atoms with Crippen molar-refractivity contribution in [2.24, 2.45) is 5.92 Å². The van der Waals surface area contributed by atoms with Crippen molar-refractivity contribution in [3.05, 3.63) is 0 Å². The summed E-state index contributed by atoms with van der Waals surface area (Å²) in [6, 6.07) is 0. The Hall–Kier alpha value is -0.570. The van der Waals surface area contributed by atoms with Gasteiger partial charge in [-0.1, -0.05) is 0 Å². The molecule has 1 N–H and O–H groups in total. The number of fused-ring (bicyclic) bond motifs is 2. The first-order chi connectivity index (χ1) is 6.74. The summed E-state index contributed by atoms with van der Waals surface area (Å²) in [6.07, 6.45) is 6.45. The molecule has 2 saturated carbocycles. The van der Waals surface area contributed by atoms with Crippen LogP contribution >= 0.6 is 0 Å². The molecule has 2 bridgehead atoms. The van der Waals surface area contributed by atoms with Crippen LogP contribution in [0.4, 0.5) is 0 Å². The Kier molecular flexibility index (Phi) is 2.77. The Morgan fingerprint density at radius 2 is 2.21 bits per heavy atom. The predicted molar refractivity (Wildman–Crippen MR) is 53.9 cm³/mol. The fourth-order valence-corrected chi connectivity index (χ4v) is 2.91. The molecule has 14 heavy (non-hydrogen) atoms. The van der Waals surface area contributed by atoms with Gasteiger partial charge in [0, 0.05) is 5.54 Å². The molecule has 2 rings (SSSR count). The number of nitrogens with one attached hydrogen (secondary N) is 1. The Bertz CT molecular complexity index is 219. The molecule has 0 atom stereocenters. The normalized spacial score (nSPS) is 34.8. The molecule has 0 amide bonds. The molecule has 0 heterocycles. The number of hydrogen-bond acceptors (Lipinski definition) is 3. The van der Waals surface area contributed by atoms with Crippen molar-refractivity contribution in [3.8, 4) is 0 Å². The lowest BCUT2D eigenvalue weighted by Gasteiger charge is -2.27. The lowest BCUT2D eigenvalue weighted by Crippen LogP contribution is -2.44. The van der Waals surface area contributed by atoms with Crippen LogP contribution < -0.4 is 5.32 Å². The summed E-state index contributed by atoms with van der Waals surface area (Å²) in [5.74, 6) is 0.807. The molecule has 0 aliphatic heterocycles. The maximum Gasteiger partial charge on any atom is 0.319 e. The van der Waals surface area contributed by atoms with Crippen LogP contribution in [0.25, 0.3) is 0 Å². The van der Waals surface area contributed by atoms with Gasteiger partial charge >= 0.3 is 5.97 Å². The van der Waals surface area contributed by atoms with Crippen LogP contribution in [-0.2, 0) is 9.53 Å². The molecule has 0 unspecified atom stereocenters. The van der Waals surface area contributed by atoms with Crippen molar-refractivity contribution in [2.75, 3.05) is 13.2 Å². The van der Waals surface area contributed by atoms with Gasteiger partial charge < -0.3 is 10.1 Å². The summed E-state index contributed by atoms with van der Waals surface area (Å²) in [5, 5.41) is 3.40. The number of ether oxygens (including phenoxy) is 1. The van der Waals surface area contributed by atoms with Crippen LogP contribution in [0.1, 0.15) is 39.0 Å². The van der Waals surface area contributed by atoms with E-state index < -0.39 is 0 Å². The molecule has 0 aromatic heterocycles. The second kappa shape index (κ2) is 3.89. The zero-order valence-corrected chi connectivity index (χ0v) is 8.84. The Morgan fingerprint density at radius 1 is 1.50 bits per heavy atom.